The third-order valence-corrected chi connectivity index (χ3v) is 4.23. The van der Waals surface area contributed by atoms with Crippen LogP contribution in [0, 0.1) is 5.92 Å². The van der Waals surface area contributed by atoms with Crippen molar-refractivity contribution in [2.75, 3.05) is 20.2 Å². The largest absolute Gasteiger partial charge is 0.496 e. The average molecular weight is 326 g/mol. The first-order valence-corrected chi connectivity index (χ1v) is 7.50. The molecule has 0 radical (unpaired) electrons. The van der Waals surface area contributed by atoms with Gasteiger partial charge in [0.2, 0.25) is 0 Å². The Balaban J connectivity index is 2.09. The molecule has 1 fully saturated rings. The van der Waals surface area contributed by atoms with Crippen molar-refractivity contribution >= 4 is 21.7 Å². The Hall–Kier alpha value is -0.870. The summed E-state index contributed by atoms with van der Waals surface area (Å²) in [7, 11) is 1.70. The maximum Gasteiger partial charge on any atom is 0.138 e. The molecule has 0 bridgehead atoms. The number of ketones is 1. The fraction of sp³-hybridized carbons (Fsp3) is 0.533. The number of benzene rings is 1. The fourth-order valence-electron chi connectivity index (χ4n) is 2.59. The number of hydrogen-bond acceptors (Lipinski definition) is 3. The number of carbonyl (C=O) groups is 1. The molecule has 0 amide bonds. The van der Waals surface area contributed by atoms with Crippen LogP contribution >= 0.6 is 15.9 Å². The summed E-state index contributed by atoms with van der Waals surface area (Å²) in [4.78, 5) is 14.1. The lowest BCUT2D eigenvalue weighted by atomic mass is 9.94. The van der Waals surface area contributed by atoms with Crippen molar-refractivity contribution in [3.05, 3.63) is 28.2 Å². The summed E-state index contributed by atoms with van der Waals surface area (Å²) in [5.41, 5.74) is 1.17. The van der Waals surface area contributed by atoms with Gasteiger partial charge in [0.15, 0.2) is 0 Å². The smallest absolute Gasteiger partial charge is 0.138 e. The lowest BCUT2D eigenvalue weighted by molar-refractivity contribution is -0.126. The van der Waals surface area contributed by atoms with Gasteiger partial charge in [-0.3, -0.25) is 9.69 Å². The number of hydrogen-bond donors (Lipinski definition) is 0. The average Bonchev–Trinajstić information content (AvgIpc) is 2.41. The summed E-state index contributed by atoms with van der Waals surface area (Å²) >= 11 is 3.50. The molecule has 1 unspecified atom stereocenters. The van der Waals surface area contributed by atoms with E-state index in [2.05, 4.69) is 33.8 Å². The summed E-state index contributed by atoms with van der Waals surface area (Å²) < 4.78 is 6.46. The van der Waals surface area contributed by atoms with Gasteiger partial charge in [-0.25, -0.2) is 0 Å². The molecular formula is C15H20BrNO2. The molecular weight excluding hydrogens is 306 g/mol. The van der Waals surface area contributed by atoms with Crippen LogP contribution in [0.3, 0.4) is 0 Å². The van der Waals surface area contributed by atoms with E-state index in [0.717, 1.165) is 36.3 Å². The molecule has 0 aliphatic carbocycles. The standard InChI is InChI=1S/C15H20BrNO2/c1-3-11-9-17(7-6-14(11)18)10-12-8-13(16)4-5-15(12)19-2/h4-5,8,11H,3,6-7,9-10H2,1-2H3. The molecule has 1 saturated heterocycles. The molecule has 2 rings (SSSR count). The molecule has 1 aromatic carbocycles. The van der Waals surface area contributed by atoms with Gasteiger partial charge in [-0.05, 0) is 24.6 Å². The Morgan fingerprint density at radius 1 is 1.47 bits per heavy atom. The monoisotopic (exact) mass is 325 g/mol. The van der Waals surface area contributed by atoms with Crippen LogP contribution in [0.4, 0.5) is 0 Å². The SMILES string of the molecule is CCC1CN(Cc2cc(Br)ccc2OC)CCC1=O. The summed E-state index contributed by atoms with van der Waals surface area (Å²) in [5, 5.41) is 0. The van der Waals surface area contributed by atoms with E-state index in [1.807, 2.05) is 12.1 Å². The molecule has 3 nitrogen and oxygen atoms in total. The molecule has 1 atom stereocenters. The normalized spacial score (nSPS) is 20.6. The molecule has 0 N–H and O–H groups in total. The van der Waals surface area contributed by atoms with Crippen molar-refractivity contribution in [2.24, 2.45) is 5.92 Å². The molecule has 0 spiro atoms. The number of nitrogens with zero attached hydrogens (tertiary/aromatic N) is 1. The van der Waals surface area contributed by atoms with Gasteiger partial charge in [0.05, 0.1) is 7.11 Å². The molecule has 1 heterocycles. The minimum atomic E-state index is 0.201. The predicted octanol–water partition coefficient (Wildman–Crippen LogP) is 3.26. The Morgan fingerprint density at radius 2 is 2.26 bits per heavy atom. The maximum atomic E-state index is 11.7. The Bertz CT molecular complexity index is 461. The van der Waals surface area contributed by atoms with E-state index in [1.165, 1.54) is 5.56 Å². The first-order valence-electron chi connectivity index (χ1n) is 6.71. The van der Waals surface area contributed by atoms with Gasteiger partial charge in [-0.15, -0.1) is 0 Å². The molecule has 19 heavy (non-hydrogen) atoms. The number of rotatable bonds is 4. The van der Waals surface area contributed by atoms with Crippen LogP contribution < -0.4 is 4.74 Å². The highest BCUT2D eigenvalue weighted by Gasteiger charge is 2.26. The van der Waals surface area contributed by atoms with E-state index in [-0.39, 0.29) is 5.92 Å². The van der Waals surface area contributed by atoms with E-state index in [9.17, 15) is 4.79 Å². The first kappa shape index (κ1) is 14.5. The maximum absolute atomic E-state index is 11.7. The minimum absolute atomic E-state index is 0.201. The highest BCUT2D eigenvalue weighted by Crippen LogP contribution is 2.26. The number of carbonyl (C=O) groups excluding carboxylic acids is 1. The van der Waals surface area contributed by atoms with Crippen LogP contribution in [0.2, 0.25) is 0 Å². The van der Waals surface area contributed by atoms with Gasteiger partial charge in [-0.2, -0.15) is 0 Å². The van der Waals surface area contributed by atoms with Gasteiger partial charge < -0.3 is 4.74 Å². The second kappa shape index (κ2) is 6.53. The van der Waals surface area contributed by atoms with Crippen LogP contribution in [0.5, 0.6) is 5.75 Å². The predicted molar refractivity (Wildman–Crippen MR) is 79.4 cm³/mol. The van der Waals surface area contributed by atoms with E-state index in [1.54, 1.807) is 7.11 Å². The zero-order chi connectivity index (χ0) is 13.8. The Morgan fingerprint density at radius 3 is 2.95 bits per heavy atom. The third-order valence-electron chi connectivity index (χ3n) is 3.74. The Labute approximate surface area is 123 Å². The first-order chi connectivity index (χ1) is 9.13. The molecule has 104 valence electrons. The van der Waals surface area contributed by atoms with Crippen molar-refractivity contribution in [1.29, 1.82) is 0 Å². The van der Waals surface area contributed by atoms with Gasteiger partial charge >= 0.3 is 0 Å². The number of methoxy groups -OCH3 is 1. The number of likely N-dealkylation sites (tertiary alicyclic amines) is 1. The number of piperidine rings is 1. The second-order valence-electron chi connectivity index (χ2n) is 5.01. The van der Waals surface area contributed by atoms with E-state index in [0.29, 0.717) is 12.2 Å². The summed E-state index contributed by atoms with van der Waals surface area (Å²) in [6, 6.07) is 6.05. The van der Waals surface area contributed by atoms with Crippen LogP contribution in [-0.4, -0.2) is 30.9 Å². The van der Waals surface area contributed by atoms with E-state index < -0.39 is 0 Å². The number of ether oxygens (including phenoxy) is 1. The molecule has 1 aliphatic heterocycles. The molecule has 4 heteroatoms. The Kier molecular flexibility index (Phi) is 4.99. The van der Waals surface area contributed by atoms with Crippen molar-refractivity contribution in [3.8, 4) is 5.75 Å². The minimum Gasteiger partial charge on any atom is -0.496 e. The third kappa shape index (κ3) is 3.57. The summed E-state index contributed by atoms with van der Waals surface area (Å²) in [6.45, 7) is 4.65. The van der Waals surface area contributed by atoms with Crippen molar-refractivity contribution in [3.63, 3.8) is 0 Å². The fourth-order valence-corrected chi connectivity index (χ4v) is 3.00. The van der Waals surface area contributed by atoms with E-state index in [4.69, 9.17) is 4.74 Å². The van der Waals surface area contributed by atoms with Gasteiger partial charge in [0.25, 0.3) is 0 Å². The second-order valence-corrected chi connectivity index (χ2v) is 5.93. The van der Waals surface area contributed by atoms with Crippen molar-refractivity contribution in [2.45, 2.75) is 26.3 Å². The van der Waals surface area contributed by atoms with Crippen LogP contribution in [0.1, 0.15) is 25.3 Å². The quantitative estimate of drug-likeness (QED) is 0.851. The van der Waals surface area contributed by atoms with Crippen LogP contribution in [-0.2, 0) is 11.3 Å². The zero-order valence-electron chi connectivity index (χ0n) is 11.5. The molecule has 1 aliphatic rings. The summed E-state index contributed by atoms with van der Waals surface area (Å²) in [6.07, 6.45) is 1.61. The van der Waals surface area contributed by atoms with Crippen LogP contribution in [0.15, 0.2) is 22.7 Å². The lowest BCUT2D eigenvalue weighted by Crippen LogP contribution is -2.40. The van der Waals surface area contributed by atoms with Gasteiger partial charge in [-0.1, -0.05) is 22.9 Å². The number of halogens is 1. The van der Waals surface area contributed by atoms with Crippen LogP contribution in [0.25, 0.3) is 0 Å². The van der Waals surface area contributed by atoms with Gasteiger partial charge in [0.1, 0.15) is 11.5 Å². The molecule has 0 saturated carbocycles. The van der Waals surface area contributed by atoms with E-state index >= 15 is 0 Å². The van der Waals surface area contributed by atoms with Crippen molar-refractivity contribution < 1.29 is 9.53 Å². The lowest BCUT2D eigenvalue weighted by Gasteiger charge is -2.31. The zero-order valence-corrected chi connectivity index (χ0v) is 13.1. The summed E-state index contributed by atoms with van der Waals surface area (Å²) in [5.74, 6) is 1.53. The highest BCUT2D eigenvalue weighted by atomic mass is 79.9. The van der Waals surface area contributed by atoms with Gasteiger partial charge in [0, 0.05) is 42.0 Å². The highest BCUT2D eigenvalue weighted by molar-refractivity contribution is 9.10. The topological polar surface area (TPSA) is 29.5 Å². The number of Topliss-reactive ketones (excluding diaryl/α,β-unsaturated/α-hetero) is 1. The van der Waals surface area contributed by atoms with Crippen molar-refractivity contribution in [1.82, 2.24) is 4.90 Å². The molecule has 1 aromatic rings. The molecule has 0 aromatic heterocycles.